The molecule has 0 aliphatic rings. The zero-order valence-electron chi connectivity index (χ0n) is 11.4. The maximum Gasteiger partial charge on any atom is 0.171 e. The quantitative estimate of drug-likeness (QED) is 0.805. The molecule has 0 bridgehead atoms. The SMILES string of the molecule is COc1c(O)cc(C(C)(C)C)cc1C(=O)CCN. The number of carbonyl (C=O) groups is 1. The summed E-state index contributed by atoms with van der Waals surface area (Å²) in [6.07, 6.45) is 0.239. The maximum absolute atomic E-state index is 12.0. The molecule has 0 heterocycles. The molecule has 0 unspecified atom stereocenters. The number of rotatable bonds is 4. The van der Waals surface area contributed by atoms with Crippen molar-refractivity contribution in [2.75, 3.05) is 13.7 Å². The fourth-order valence-electron chi connectivity index (χ4n) is 1.73. The van der Waals surface area contributed by atoms with E-state index in [-0.39, 0.29) is 35.7 Å². The molecule has 0 amide bonds. The molecule has 3 N–H and O–H groups in total. The Hall–Kier alpha value is -1.55. The van der Waals surface area contributed by atoms with Gasteiger partial charge in [-0.2, -0.15) is 0 Å². The van der Waals surface area contributed by atoms with Crippen LogP contribution in [0.25, 0.3) is 0 Å². The van der Waals surface area contributed by atoms with Gasteiger partial charge in [-0.1, -0.05) is 20.8 Å². The number of Topliss-reactive ketones (excluding diaryl/α,β-unsaturated/α-hetero) is 1. The molecule has 0 aromatic heterocycles. The number of carbonyl (C=O) groups excluding carboxylic acids is 1. The molecule has 4 heteroatoms. The first-order valence-electron chi connectivity index (χ1n) is 5.96. The number of phenolic OH excluding ortho intramolecular Hbond substituents is 1. The van der Waals surface area contributed by atoms with E-state index in [4.69, 9.17) is 10.5 Å². The van der Waals surface area contributed by atoms with E-state index in [1.54, 1.807) is 12.1 Å². The topological polar surface area (TPSA) is 72.5 Å². The van der Waals surface area contributed by atoms with Crippen LogP contribution >= 0.6 is 0 Å². The molecule has 0 spiro atoms. The van der Waals surface area contributed by atoms with Crippen LogP contribution in [0.3, 0.4) is 0 Å². The first-order chi connectivity index (χ1) is 8.31. The van der Waals surface area contributed by atoms with E-state index in [0.29, 0.717) is 5.56 Å². The number of phenols is 1. The highest BCUT2D eigenvalue weighted by Crippen LogP contribution is 2.36. The first kappa shape index (κ1) is 14.5. The number of ketones is 1. The van der Waals surface area contributed by atoms with Crippen LogP contribution in [0.1, 0.15) is 43.1 Å². The van der Waals surface area contributed by atoms with Gasteiger partial charge in [0.05, 0.1) is 12.7 Å². The van der Waals surface area contributed by atoms with Crippen molar-refractivity contribution in [2.24, 2.45) is 5.73 Å². The van der Waals surface area contributed by atoms with Crippen molar-refractivity contribution >= 4 is 5.78 Å². The summed E-state index contributed by atoms with van der Waals surface area (Å²) in [5.41, 5.74) is 6.53. The van der Waals surface area contributed by atoms with Gasteiger partial charge >= 0.3 is 0 Å². The van der Waals surface area contributed by atoms with E-state index in [9.17, 15) is 9.90 Å². The molecule has 1 rings (SSSR count). The molecule has 18 heavy (non-hydrogen) atoms. The highest BCUT2D eigenvalue weighted by Gasteiger charge is 2.22. The van der Waals surface area contributed by atoms with E-state index in [0.717, 1.165) is 5.56 Å². The van der Waals surface area contributed by atoms with Crippen LogP contribution < -0.4 is 10.5 Å². The molecule has 0 fully saturated rings. The number of benzene rings is 1. The fourth-order valence-corrected chi connectivity index (χ4v) is 1.73. The number of hydrogen-bond donors (Lipinski definition) is 2. The van der Waals surface area contributed by atoms with E-state index >= 15 is 0 Å². The minimum absolute atomic E-state index is 0.00898. The van der Waals surface area contributed by atoms with Gasteiger partial charge in [0.25, 0.3) is 0 Å². The first-order valence-corrected chi connectivity index (χ1v) is 5.96. The third-order valence-corrected chi connectivity index (χ3v) is 2.81. The Balaban J connectivity index is 3.37. The molecule has 0 saturated heterocycles. The van der Waals surface area contributed by atoms with E-state index in [1.807, 2.05) is 20.8 Å². The molecule has 0 aliphatic heterocycles. The van der Waals surface area contributed by atoms with Crippen molar-refractivity contribution in [3.8, 4) is 11.5 Å². The Kier molecular flexibility index (Phi) is 4.35. The van der Waals surface area contributed by atoms with Gasteiger partial charge in [-0.15, -0.1) is 0 Å². The second kappa shape index (κ2) is 5.40. The van der Waals surface area contributed by atoms with Crippen molar-refractivity contribution < 1.29 is 14.6 Å². The molecule has 0 radical (unpaired) electrons. The van der Waals surface area contributed by atoms with Gasteiger partial charge in [-0.3, -0.25) is 4.79 Å². The summed E-state index contributed by atoms with van der Waals surface area (Å²) in [7, 11) is 1.44. The lowest BCUT2D eigenvalue weighted by molar-refractivity contribution is 0.0981. The number of hydrogen-bond acceptors (Lipinski definition) is 4. The molecular weight excluding hydrogens is 230 g/mol. The smallest absolute Gasteiger partial charge is 0.171 e. The second-order valence-corrected chi connectivity index (χ2v) is 5.29. The van der Waals surface area contributed by atoms with Crippen LogP contribution in [0.2, 0.25) is 0 Å². The van der Waals surface area contributed by atoms with Crippen molar-refractivity contribution in [1.29, 1.82) is 0 Å². The average Bonchev–Trinajstić information content (AvgIpc) is 2.27. The number of methoxy groups -OCH3 is 1. The van der Waals surface area contributed by atoms with Crippen LogP contribution in [-0.4, -0.2) is 24.5 Å². The van der Waals surface area contributed by atoms with Crippen LogP contribution in [0, 0.1) is 0 Å². The largest absolute Gasteiger partial charge is 0.504 e. The summed E-state index contributed by atoms with van der Waals surface area (Å²) in [6.45, 7) is 6.34. The van der Waals surface area contributed by atoms with Crippen molar-refractivity contribution in [1.82, 2.24) is 0 Å². The van der Waals surface area contributed by atoms with E-state index in [1.165, 1.54) is 7.11 Å². The number of aromatic hydroxyl groups is 1. The Morgan fingerprint density at radius 1 is 1.39 bits per heavy atom. The molecule has 100 valence electrons. The van der Waals surface area contributed by atoms with E-state index < -0.39 is 0 Å². The lowest BCUT2D eigenvalue weighted by atomic mass is 9.85. The Labute approximate surface area is 108 Å². The predicted molar refractivity (Wildman–Crippen MR) is 71.4 cm³/mol. The van der Waals surface area contributed by atoms with Crippen molar-refractivity contribution in [3.63, 3.8) is 0 Å². The van der Waals surface area contributed by atoms with Crippen LogP contribution in [0.15, 0.2) is 12.1 Å². The molecule has 0 atom stereocenters. The minimum Gasteiger partial charge on any atom is -0.504 e. The summed E-state index contributed by atoms with van der Waals surface area (Å²) in [6, 6.07) is 3.41. The Morgan fingerprint density at radius 2 is 2.00 bits per heavy atom. The van der Waals surface area contributed by atoms with Crippen LogP contribution in [0.5, 0.6) is 11.5 Å². The summed E-state index contributed by atoms with van der Waals surface area (Å²) in [5.74, 6) is 0.0995. The normalized spacial score (nSPS) is 11.4. The highest BCUT2D eigenvalue weighted by atomic mass is 16.5. The zero-order chi connectivity index (χ0) is 13.9. The monoisotopic (exact) mass is 251 g/mol. The van der Waals surface area contributed by atoms with Gasteiger partial charge in [0.2, 0.25) is 0 Å². The van der Waals surface area contributed by atoms with E-state index in [2.05, 4.69) is 0 Å². The Morgan fingerprint density at radius 3 is 2.44 bits per heavy atom. The third kappa shape index (κ3) is 3.01. The predicted octanol–water partition coefficient (Wildman–Crippen LogP) is 2.23. The van der Waals surface area contributed by atoms with Crippen LogP contribution in [-0.2, 0) is 5.41 Å². The van der Waals surface area contributed by atoms with Gasteiger partial charge in [0, 0.05) is 6.42 Å². The third-order valence-electron chi connectivity index (χ3n) is 2.81. The van der Waals surface area contributed by atoms with Gasteiger partial charge < -0.3 is 15.6 Å². The lowest BCUT2D eigenvalue weighted by Crippen LogP contribution is -2.14. The molecule has 0 saturated carbocycles. The Bertz CT molecular complexity index is 447. The van der Waals surface area contributed by atoms with Crippen molar-refractivity contribution in [3.05, 3.63) is 23.3 Å². The molecule has 0 aliphatic carbocycles. The molecule has 1 aromatic rings. The summed E-state index contributed by atoms with van der Waals surface area (Å²) < 4.78 is 5.10. The van der Waals surface area contributed by atoms with Crippen LogP contribution in [0.4, 0.5) is 0 Å². The summed E-state index contributed by atoms with van der Waals surface area (Å²) in [4.78, 5) is 12.0. The van der Waals surface area contributed by atoms with Gasteiger partial charge in [-0.25, -0.2) is 0 Å². The number of nitrogens with two attached hydrogens (primary N) is 1. The lowest BCUT2D eigenvalue weighted by Gasteiger charge is -2.21. The molecule has 1 aromatic carbocycles. The highest BCUT2D eigenvalue weighted by molar-refractivity contribution is 5.99. The standard InChI is InChI=1S/C14H21NO3/c1-14(2,3)9-7-10(11(16)5-6-15)13(18-4)12(17)8-9/h7-8,17H,5-6,15H2,1-4H3. The molecular formula is C14H21NO3. The number of ether oxygens (including phenoxy) is 1. The maximum atomic E-state index is 12.0. The average molecular weight is 251 g/mol. The summed E-state index contributed by atoms with van der Waals surface area (Å²) >= 11 is 0. The fraction of sp³-hybridized carbons (Fsp3) is 0.500. The van der Waals surface area contributed by atoms with Gasteiger partial charge in [0.15, 0.2) is 17.3 Å². The minimum atomic E-state index is -0.151. The second-order valence-electron chi connectivity index (χ2n) is 5.29. The summed E-state index contributed by atoms with van der Waals surface area (Å²) in [5, 5.41) is 9.94. The molecule has 4 nitrogen and oxygen atoms in total. The van der Waals surface area contributed by atoms with Crippen molar-refractivity contribution in [2.45, 2.75) is 32.6 Å². The van der Waals surface area contributed by atoms with Gasteiger partial charge in [0.1, 0.15) is 0 Å². The van der Waals surface area contributed by atoms with Gasteiger partial charge in [-0.05, 0) is 29.7 Å². The zero-order valence-corrected chi connectivity index (χ0v) is 11.4.